The summed E-state index contributed by atoms with van der Waals surface area (Å²) >= 11 is 5.75. The van der Waals surface area contributed by atoms with Crippen LogP contribution < -0.4 is 11.1 Å². The molecule has 1 atom stereocenters. The van der Waals surface area contributed by atoms with Gasteiger partial charge in [0.2, 0.25) is 0 Å². The van der Waals surface area contributed by atoms with Gasteiger partial charge in [-0.2, -0.15) is 0 Å². The summed E-state index contributed by atoms with van der Waals surface area (Å²) in [5.41, 5.74) is 6.07. The molecule has 1 unspecified atom stereocenters. The number of nitrogen functional groups attached to an aromatic ring is 1. The van der Waals surface area contributed by atoms with Crippen LogP contribution in [-0.2, 0) is 0 Å². The molecule has 0 radical (unpaired) electrons. The summed E-state index contributed by atoms with van der Waals surface area (Å²) in [5, 5.41) is 12.2. The first-order valence-electron chi connectivity index (χ1n) is 5.25. The molecular formula is C10H17ClN4O. The number of halogens is 1. The standard InChI is InChI=1S/C10H17ClN4O/c1-7(5-16)3-2-4-13-10-8(12)9(11)14-6-15-10/h6-7,16H,2-5,12H2,1H3,(H,13,14,15). The minimum Gasteiger partial charge on any atom is -0.396 e. The number of nitrogens with two attached hydrogens (primary N) is 1. The molecule has 90 valence electrons. The highest BCUT2D eigenvalue weighted by Gasteiger charge is 2.05. The zero-order chi connectivity index (χ0) is 12.0. The molecule has 0 aromatic carbocycles. The molecule has 0 saturated heterocycles. The first kappa shape index (κ1) is 13.0. The Labute approximate surface area is 100 Å². The van der Waals surface area contributed by atoms with E-state index in [1.807, 2.05) is 6.92 Å². The lowest BCUT2D eigenvalue weighted by atomic mass is 10.1. The lowest BCUT2D eigenvalue weighted by Gasteiger charge is -2.10. The number of nitrogens with one attached hydrogen (secondary N) is 1. The highest BCUT2D eigenvalue weighted by Crippen LogP contribution is 2.21. The van der Waals surface area contributed by atoms with Crippen LogP contribution in [0.1, 0.15) is 19.8 Å². The van der Waals surface area contributed by atoms with Gasteiger partial charge in [0, 0.05) is 13.2 Å². The van der Waals surface area contributed by atoms with Crippen LogP contribution in [0.4, 0.5) is 11.5 Å². The minimum atomic E-state index is 0.224. The van der Waals surface area contributed by atoms with Crippen molar-refractivity contribution in [1.29, 1.82) is 0 Å². The number of nitrogens with zero attached hydrogens (tertiary/aromatic N) is 2. The van der Waals surface area contributed by atoms with E-state index in [2.05, 4.69) is 15.3 Å². The second kappa shape index (κ2) is 6.50. The fourth-order valence-electron chi connectivity index (χ4n) is 1.26. The molecule has 0 fully saturated rings. The second-order valence-corrected chi connectivity index (χ2v) is 4.14. The Hall–Kier alpha value is -1.07. The van der Waals surface area contributed by atoms with Gasteiger partial charge in [0.15, 0.2) is 11.0 Å². The molecule has 5 nitrogen and oxygen atoms in total. The monoisotopic (exact) mass is 244 g/mol. The van der Waals surface area contributed by atoms with Gasteiger partial charge in [-0.3, -0.25) is 0 Å². The smallest absolute Gasteiger partial charge is 0.157 e. The van der Waals surface area contributed by atoms with Gasteiger partial charge in [0.1, 0.15) is 12.0 Å². The van der Waals surface area contributed by atoms with Crippen molar-refractivity contribution in [1.82, 2.24) is 9.97 Å². The SMILES string of the molecule is CC(CO)CCCNc1ncnc(Cl)c1N. The van der Waals surface area contributed by atoms with E-state index in [4.69, 9.17) is 22.4 Å². The molecule has 1 aromatic rings. The molecule has 16 heavy (non-hydrogen) atoms. The molecule has 1 aromatic heterocycles. The molecule has 0 amide bonds. The van der Waals surface area contributed by atoms with Crippen LogP contribution in [0.5, 0.6) is 0 Å². The Morgan fingerprint density at radius 3 is 3.00 bits per heavy atom. The summed E-state index contributed by atoms with van der Waals surface area (Å²) in [6.07, 6.45) is 3.28. The molecule has 0 aliphatic carbocycles. The summed E-state index contributed by atoms with van der Waals surface area (Å²) in [7, 11) is 0. The lowest BCUT2D eigenvalue weighted by Crippen LogP contribution is -2.09. The average molecular weight is 245 g/mol. The van der Waals surface area contributed by atoms with Gasteiger partial charge in [-0.1, -0.05) is 18.5 Å². The molecule has 4 N–H and O–H groups in total. The van der Waals surface area contributed by atoms with Gasteiger partial charge in [0.25, 0.3) is 0 Å². The summed E-state index contributed by atoms with van der Waals surface area (Å²) in [6, 6.07) is 0. The number of rotatable bonds is 6. The fraction of sp³-hybridized carbons (Fsp3) is 0.600. The van der Waals surface area contributed by atoms with Crippen molar-refractivity contribution in [2.45, 2.75) is 19.8 Å². The Morgan fingerprint density at radius 2 is 2.31 bits per heavy atom. The quantitative estimate of drug-likeness (QED) is 0.522. The Bertz CT molecular complexity index is 335. The minimum absolute atomic E-state index is 0.224. The van der Waals surface area contributed by atoms with Crippen LogP contribution in [0.2, 0.25) is 5.15 Å². The van der Waals surface area contributed by atoms with Crippen LogP contribution in [-0.4, -0.2) is 28.2 Å². The van der Waals surface area contributed by atoms with Gasteiger partial charge in [-0.15, -0.1) is 0 Å². The molecule has 0 aliphatic heterocycles. The summed E-state index contributed by atoms with van der Waals surface area (Å²) < 4.78 is 0. The van der Waals surface area contributed by atoms with Crippen LogP contribution >= 0.6 is 11.6 Å². The highest BCUT2D eigenvalue weighted by atomic mass is 35.5. The Kier molecular flexibility index (Phi) is 5.28. The first-order chi connectivity index (χ1) is 7.65. The summed E-state index contributed by atoms with van der Waals surface area (Å²) in [5.74, 6) is 0.893. The van der Waals surface area contributed by atoms with E-state index in [9.17, 15) is 0 Å². The predicted octanol–water partition coefficient (Wildman–Crippen LogP) is 1.53. The van der Waals surface area contributed by atoms with Gasteiger partial charge in [-0.25, -0.2) is 9.97 Å². The van der Waals surface area contributed by atoms with E-state index in [-0.39, 0.29) is 11.8 Å². The van der Waals surface area contributed by atoms with Crippen molar-refractivity contribution in [2.24, 2.45) is 5.92 Å². The molecule has 0 aliphatic rings. The highest BCUT2D eigenvalue weighted by molar-refractivity contribution is 6.32. The maximum atomic E-state index is 8.85. The third-order valence-electron chi connectivity index (χ3n) is 2.31. The van der Waals surface area contributed by atoms with Crippen molar-refractivity contribution < 1.29 is 5.11 Å². The van der Waals surface area contributed by atoms with Crippen molar-refractivity contribution in [3.8, 4) is 0 Å². The van der Waals surface area contributed by atoms with E-state index in [1.165, 1.54) is 6.33 Å². The summed E-state index contributed by atoms with van der Waals surface area (Å²) in [6.45, 7) is 2.99. The molecular weight excluding hydrogens is 228 g/mol. The maximum absolute atomic E-state index is 8.85. The number of anilines is 2. The second-order valence-electron chi connectivity index (χ2n) is 3.78. The normalized spacial score (nSPS) is 12.4. The molecule has 0 bridgehead atoms. The van der Waals surface area contributed by atoms with E-state index in [1.54, 1.807) is 0 Å². The van der Waals surface area contributed by atoms with E-state index < -0.39 is 0 Å². The van der Waals surface area contributed by atoms with Crippen molar-refractivity contribution in [3.05, 3.63) is 11.5 Å². The number of aliphatic hydroxyl groups is 1. The largest absolute Gasteiger partial charge is 0.396 e. The molecule has 6 heteroatoms. The number of hydrogen-bond acceptors (Lipinski definition) is 5. The van der Waals surface area contributed by atoms with Crippen LogP contribution in [0.3, 0.4) is 0 Å². The zero-order valence-electron chi connectivity index (χ0n) is 9.28. The third kappa shape index (κ3) is 3.83. The van der Waals surface area contributed by atoms with Crippen molar-refractivity contribution >= 4 is 23.1 Å². The molecule has 0 saturated carbocycles. The zero-order valence-corrected chi connectivity index (χ0v) is 10.0. The van der Waals surface area contributed by atoms with Crippen LogP contribution in [0.25, 0.3) is 0 Å². The van der Waals surface area contributed by atoms with E-state index in [0.717, 1.165) is 19.4 Å². The van der Waals surface area contributed by atoms with Gasteiger partial charge >= 0.3 is 0 Å². The molecule has 1 heterocycles. The fourth-order valence-corrected chi connectivity index (χ4v) is 1.40. The van der Waals surface area contributed by atoms with Crippen molar-refractivity contribution in [2.75, 3.05) is 24.2 Å². The van der Waals surface area contributed by atoms with Gasteiger partial charge in [0.05, 0.1) is 0 Å². The number of aliphatic hydroxyl groups excluding tert-OH is 1. The Morgan fingerprint density at radius 1 is 1.56 bits per heavy atom. The lowest BCUT2D eigenvalue weighted by molar-refractivity contribution is 0.229. The van der Waals surface area contributed by atoms with Crippen molar-refractivity contribution in [3.63, 3.8) is 0 Å². The van der Waals surface area contributed by atoms with Crippen LogP contribution in [0, 0.1) is 5.92 Å². The summed E-state index contributed by atoms with van der Waals surface area (Å²) in [4.78, 5) is 7.76. The number of aromatic nitrogens is 2. The predicted molar refractivity (Wildman–Crippen MR) is 65.4 cm³/mol. The van der Waals surface area contributed by atoms with E-state index >= 15 is 0 Å². The first-order valence-corrected chi connectivity index (χ1v) is 5.63. The van der Waals surface area contributed by atoms with E-state index in [0.29, 0.717) is 17.4 Å². The van der Waals surface area contributed by atoms with Gasteiger partial charge in [-0.05, 0) is 18.8 Å². The third-order valence-corrected chi connectivity index (χ3v) is 2.61. The number of hydrogen-bond donors (Lipinski definition) is 3. The maximum Gasteiger partial charge on any atom is 0.157 e. The molecule has 0 spiro atoms. The van der Waals surface area contributed by atoms with Crippen LogP contribution in [0.15, 0.2) is 6.33 Å². The Balaban J connectivity index is 2.35. The molecule has 1 rings (SSSR count). The topological polar surface area (TPSA) is 84.1 Å². The average Bonchev–Trinajstić information content (AvgIpc) is 2.29. The van der Waals surface area contributed by atoms with Gasteiger partial charge < -0.3 is 16.2 Å².